The van der Waals surface area contributed by atoms with Crippen molar-refractivity contribution in [1.82, 2.24) is 5.32 Å². The predicted molar refractivity (Wildman–Crippen MR) is 67.5 cm³/mol. The molecule has 0 spiro atoms. The molecule has 0 aliphatic rings. The highest BCUT2D eigenvalue weighted by molar-refractivity contribution is 5.28. The predicted octanol–water partition coefficient (Wildman–Crippen LogP) is 4.13. The second kappa shape index (κ2) is 6.78. The number of nitrogens with one attached hydrogen (secondary N) is 1. The standard InChI is InChI=1S/C14H20F3N/c1-11-7-12(2)9-13(8-11)10-18-6-4-3-5-14(15,16)17/h7-9,18H,3-6,10H2,1-2H3. The van der Waals surface area contributed by atoms with Gasteiger partial charge in [0, 0.05) is 13.0 Å². The van der Waals surface area contributed by atoms with Crippen molar-refractivity contribution in [3.8, 4) is 0 Å². The summed E-state index contributed by atoms with van der Waals surface area (Å²) >= 11 is 0. The summed E-state index contributed by atoms with van der Waals surface area (Å²) in [7, 11) is 0. The molecule has 0 bridgehead atoms. The molecule has 102 valence electrons. The number of alkyl halides is 3. The van der Waals surface area contributed by atoms with Crippen LogP contribution in [0.3, 0.4) is 0 Å². The molecule has 1 aromatic carbocycles. The fourth-order valence-corrected chi connectivity index (χ4v) is 1.98. The van der Waals surface area contributed by atoms with Crippen LogP contribution < -0.4 is 5.32 Å². The van der Waals surface area contributed by atoms with Crippen LogP contribution in [0, 0.1) is 13.8 Å². The summed E-state index contributed by atoms with van der Waals surface area (Å²) in [6.07, 6.45) is -3.94. The molecule has 0 saturated carbocycles. The molecule has 0 aliphatic carbocycles. The van der Waals surface area contributed by atoms with Crippen molar-refractivity contribution in [2.24, 2.45) is 0 Å². The van der Waals surface area contributed by atoms with Gasteiger partial charge in [0.05, 0.1) is 0 Å². The largest absolute Gasteiger partial charge is 0.389 e. The number of benzene rings is 1. The van der Waals surface area contributed by atoms with E-state index in [4.69, 9.17) is 0 Å². The second-order valence-corrected chi connectivity index (χ2v) is 4.75. The molecule has 18 heavy (non-hydrogen) atoms. The maximum absolute atomic E-state index is 11.9. The Morgan fingerprint density at radius 3 is 2.17 bits per heavy atom. The molecular weight excluding hydrogens is 239 g/mol. The monoisotopic (exact) mass is 259 g/mol. The Morgan fingerprint density at radius 2 is 1.61 bits per heavy atom. The van der Waals surface area contributed by atoms with Crippen molar-refractivity contribution < 1.29 is 13.2 Å². The van der Waals surface area contributed by atoms with Crippen LogP contribution in [-0.4, -0.2) is 12.7 Å². The van der Waals surface area contributed by atoms with Crippen LogP contribution in [0.25, 0.3) is 0 Å². The van der Waals surface area contributed by atoms with E-state index in [-0.39, 0.29) is 6.42 Å². The molecule has 0 amide bonds. The van der Waals surface area contributed by atoms with Crippen LogP contribution in [0.1, 0.15) is 36.0 Å². The number of halogens is 3. The van der Waals surface area contributed by atoms with Gasteiger partial charge >= 0.3 is 6.18 Å². The molecule has 0 heterocycles. The molecule has 1 nitrogen and oxygen atoms in total. The van der Waals surface area contributed by atoms with Gasteiger partial charge in [-0.25, -0.2) is 0 Å². The lowest BCUT2D eigenvalue weighted by Gasteiger charge is -2.08. The van der Waals surface area contributed by atoms with E-state index in [1.54, 1.807) is 0 Å². The Balaban J connectivity index is 2.18. The van der Waals surface area contributed by atoms with Crippen LogP contribution in [0.5, 0.6) is 0 Å². The Kier molecular flexibility index (Phi) is 5.66. The maximum atomic E-state index is 11.9. The zero-order chi connectivity index (χ0) is 13.6. The fourth-order valence-electron chi connectivity index (χ4n) is 1.98. The van der Waals surface area contributed by atoms with E-state index in [9.17, 15) is 13.2 Å². The SMILES string of the molecule is Cc1cc(C)cc(CNCCCCC(F)(F)F)c1. The topological polar surface area (TPSA) is 12.0 Å². The Hall–Kier alpha value is -1.03. The van der Waals surface area contributed by atoms with Crippen LogP contribution in [0.15, 0.2) is 18.2 Å². The highest BCUT2D eigenvalue weighted by Crippen LogP contribution is 2.21. The van der Waals surface area contributed by atoms with Crippen molar-refractivity contribution >= 4 is 0 Å². The van der Waals surface area contributed by atoms with Gasteiger partial charge in [0.2, 0.25) is 0 Å². The van der Waals surface area contributed by atoms with Crippen LogP contribution in [0.2, 0.25) is 0 Å². The lowest BCUT2D eigenvalue weighted by atomic mass is 10.1. The summed E-state index contributed by atoms with van der Waals surface area (Å²) in [4.78, 5) is 0. The van der Waals surface area contributed by atoms with Gasteiger partial charge < -0.3 is 5.32 Å². The lowest BCUT2D eigenvalue weighted by Crippen LogP contribution is -2.16. The highest BCUT2D eigenvalue weighted by Gasteiger charge is 2.25. The Morgan fingerprint density at radius 1 is 1.00 bits per heavy atom. The molecule has 0 fully saturated rings. The van der Waals surface area contributed by atoms with E-state index in [1.165, 1.54) is 16.7 Å². The summed E-state index contributed by atoms with van der Waals surface area (Å²) in [5.41, 5.74) is 3.61. The van der Waals surface area contributed by atoms with E-state index in [0.717, 1.165) is 0 Å². The second-order valence-electron chi connectivity index (χ2n) is 4.75. The number of aryl methyl sites for hydroxylation is 2. The molecule has 0 radical (unpaired) electrons. The van der Waals surface area contributed by atoms with Gasteiger partial charge in [0.15, 0.2) is 0 Å². The summed E-state index contributed by atoms with van der Waals surface area (Å²) in [6, 6.07) is 6.29. The lowest BCUT2D eigenvalue weighted by molar-refractivity contribution is -0.135. The molecule has 0 saturated heterocycles. The summed E-state index contributed by atoms with van der Waals surface area (Å²) in [6.45, 7) is 5.43. The summed E-state index contributed by atoms with van der Waals surface area (Å²) in [5, 5.41) is 3.18. The number of hydrogen-bond acceptors (Lipinski definition) is 1. The number of unbranched alkanes of at least 4 members (excludes halogenated alkanes) is 1. The quantitative estimate of drug-likeness (QED) is 0.757. The van der Waals surface area contributed by atoms with Crippen molar-refractivity contribution in [3.05, 3.63) is 34.9 Å². The first-order valence-electron chi connectivity index (χ1n) is 6.21. The van der Waals surface area contributed by atoms with Crippen molar-refractivity contribution in [1.29, 1.82) is 0 Å². The zero-order valence-corrected chi connectivity index (χ0v) is 10.9. The first-order valence-corrected chi connectivity index (χ1v) is 6.21. The van der Waals surface area contributed by atoms with E-state index in [0.29, 0.717) is 19.5 Å². The van der Waals surface area contributed by atoms with Gasteiger partial charge in [0.25, 0.3) is 0 Å². The molecule has 0 aliphatic heterocycles. The molecule has 1 N–H and O–H groups in total. The van der Waals surface area contributed by atoms with E-state index < -0.39 is 12.6 Å². The van der Waals surface area contributed by atoms with Gasteiger partial charge in [0.1, 0.15) is 0 Å². The number of rotatable bonds is 6. The van der Waals surface area contributed by atoms with Crippen molar-refractivity contribution in [2.75, 3.05) is 6.54 Å². The molecule has 4 heteroatoms. The summed E-state index contributed by atoms with van der Waals surface area (Å²) in [5.74, 6) is 0. The van der Waals surface area contributed by atoms with Gasteiger partial charge in [-0.3, -0.25) is 0 Å². The third-order valence-corrected chi connectivity index (χ3v) is 2.67. The highest BCUT2D eigenvalue weighted by atomic mass is 19.4. The van der Waals surface area contributed by atoms with Gasteiger partial charge in [-0.1, -0.05) is 29.3 Å². The smallest absolute Gasteiger partial charge is 0.313 e. The summed E-state index contributed by atoms with van der Waals surface area (Å²) < 4.78 is 35.7. The number of hydrogen-bond donors (Lipinski definition) is 1. The average molecular weight is 259 g/mol. The molecule has 1 aromatic rings. The Labute approximate surface area is 106 Å². The molecule has 1 rings (SSSR count). The van der Waals surface area contributed by atoms with E-state index in [1.807, 2.05) is 13.8 Å². The fraction of sp³-hybridized carbons (Fsp3) is 0.571. The van der Waals surface area contributed by atoms with Crippen LogP contribution >= 0.6 is 0 Å². The van der Waals surface area contributed by atoms with Crippen molar-refractivity contribution in [3.63, 3.8) is 0 Å². The minimum atomic E-state index is -4.02. The first kappa shape index (κ1) is 15.0. The molecule has 0 unspecified atom stereocenters. The maximum Gasteiger partial charge on any atom is 0.389 e. The molecule has 0 atom stereocenters. The third-order valence-electron chi connectivity index (χ3n) is 2.67. The molecule has 0 aromatic heterocycles. The van der Waals surface area contributed by atoms with E-state index in [2.05, 4.69) is 23.5 Å². The third kappa shape index (κ3) is 6.64. The normalized spacial score (nSPS) is 11.8. The van der Waals surface area contributed by atoms with Crippen LogP contribution in [0.4, 0.5) is 13.2 Å². The first-order chi connectivity index (χ1) is 8.37. The van der Waals surface area contributed by atoms with Crippen LogP contribution in [-0.2, 0) is 6.54 Å². The van der Waals surface area contributed by atoms with Gasteiger partial charge in [-0.15, -0.1) is 0 Å². The van der Waals surface area contributed by atoms with Crippen molar-refractivity contribution in [2.45, 2.75) is 45.8 Å². The average Bonchev–Trinajstić information content (AvgIpc) is 2.20. The minimum Gasteiger partial charge on any atom is -0.313 e. The Bertz CT molecular complexity index is 352. The van der Waals surface area contributed by atoms with Gasteiger partial charge in [-0.05, 0) is 38.8 Å². The molecular formula is C14H20F3N. The zero-order valence-electron chi connectivity index (χ0n) is 10.9. The van der Waals surface area contributed by atoms with Gasteiger partial charge in [-0.2, -0.15) is 13.2 Å². The van der Waals surface area contributed by atoms with E-state index >= 15 is 0 Å². The minimum absolute atomic E-state index is 0.198.